The average Bonchev–Trinajstić information content (AvgIpc) is 2.99. The predicted molar refractivity (Wildman–Crippen MR) is 97.4 cm³/mol. The van der Waals surface area contributed by atoms with E-state index < -0.39 is 11.7 Å². The first-order valence-corrected chi connectivity index (χ1v) is 8.51. The number of halogens is 3. The molecule has 0 saturated heterocycles. The summed E-state index contributed by atoms with van der Waals surface area (Å²) in [5, 5.41) is 3.10. The molecule has 138 valence electrons. The Morgan fingerprint density at radius 2 is 1.88 bits per heavy atom. The summed E-state index contributed by atoms with van der Waals surface area (Å²) in [6.45, 7) is 3.75. The van der Waals surface area contributed by atoms with Gasteiger partial charge >= 0.3 is 6.18 Å². The minimum absolute atomic E-state index is 0.209. The van der Waals surface area contributed by atoms with E-state index in [0.29, 0.717) is 24.5 Å². The van der Waals surface area contributed by atoms with Crippen molar-refractivity contribution in [3.8, 4) is 0 Å². The Balaban J connectivity index is 1.89. The Kier molecular flexibility index (Phi) is 5.11. The van der Waals surface area contributed by atoms with E-state index in [0.717, 1.165) is 23.9 Å². The number of hydrogen-bond acceptors (Lipinski definition) is 3. The number of rotatable bonds is 5. The quantitative estimate of drug-likeness (QED) is 0.845. The number of anilines is 1. The third-order valence-corrected chi connectivity index (χ3v) is 4.52. The van der Waals surface area contributed by atoms with Gasteiger partial charge in [-0.3, -0.25) is 0 Å². The molecule has 1 heterocycles. The summed E-state index contributed by atoms with van der Waals surface area (Å²) in [6.07, 6.45) is -2.36. The van der Waals surface area contributed by atoms with Gasteiger partial charge in [0, 0.05) is 31.2 Å². The lowest BCUT2D eigenvalue weighted by Crippen LogP contribution is -2.31. The van der Waals surface area contributed by atoms with Crippen LogP contribution < -0.4 is 16.0 Å². The Morgan fingerprint density at radius 3 is 2.46 bits per heavy atom. The lowest BCUT2D eigenvalue weighted by atomic mass is 10.0. The first kappa shape index (κ1) is 18.2. The van der Waals surface area contributed by atoms with Crippen LogP contribution in [0.25, 0.3) is 0 Å². The highest BCUT2D eigenvalue weighted by atomic mass is 19.4. The Bertz CT molecular complexity index is 785. The van der Waals surface area contributed by atoms with E-state index in [1.807, 2.05) is 36.4 Å². The van der Waals surface area contributed by atoms with Gasteiger partial charge in [-0.25, -0.2) is 0 Å². The smallest absolute Gasteiger partial charge is 0.386 e. The zero-order valence-corrected chi connectivity index (χ0v) is 14.6. The maximum Gasteiger partial charge on any atom is 0.416 e. The van der Waals surface area contributed by atoms with Crippen molar-refractivity contribution in [2.45, 2.75) is 19.6 Å². The molecule has 0 spiro atoms. The van der Waals surface area contributed by atoms with Crippen LogP contribution in [0, 0.1) is 12.8 Å². The first-order valence-electron chi connectivity index (χ1n) is 8.51. The lowest BCUT2D eigenvalue weighted by molar-refractivity contribution is -0.137. The molecule has 1 aliphatic rings. The highest BCUT2D eigenvalue weighted by Gasteiger charge is 2.31. The average molecular weight is 361 g/mol. The zero-order chi connectivity index (χ0) is 18.7. The molecule has 2 aromatic carbocycles. The maximum atomic E-state index is 13.0. The van der Waals surface area contributed by atoms with Gasteiger partial charge in [-0.2, -0.15) is 13.2 Å². The molecule has 2 aromatic rings. The number of benzene rings is 2. The van der Waals surface area contributed by atoms with Crippen molar-refractivity contribution in [3.63, 3.8) is 0 Å². The van der Waals surface area contributed by atoms with Gasteiger partial charge in [-0.1, -0.05) is 30.3 Å². The molecule has 3 rings (SSSR count). The van der Waals surface area contributed by atoms with Crippen molar-refractivity contribution in [3.05, 3.63) is 77.1 Å². The number of alkyl halides is 3. The van der Waals surface area contributed by atoms with Crippen LogP contribution in [0.3, 0.4) is 0 Å². The molecule has 0 saturated carbocycles. The Hall–Kier alpha value is -2.63. The van der Waals surface area contributed by atoms with Gasteiger partial charge in [0.2, 0.25) is 0 Å². The van der Waals surface area contributed by atoms with Crippen LogP contribution in [-0.2, 0) is 12.7 Å². The molecule has 0 fully saturated rings. The van der Waals surface area contributed by atoms with Gasteiger partial charge < -0.3 is 16.0 Å². The fourth-order valence-corrected chi connectivity index (χ4v) is 3.26. The van der Waals surface area contributed by atoms with Crippen LogP contribution in [0.15, 0.2) is 60.4 Å². The van der Waals surface area contributed by atoms with Gasteiger partial charge in [0.05, 0.1) is 11.4 Å². The second kappa shape index (κ2) is 7.32. The highest BCUT2D eigenvalue weighted by Crippen LogP contribution is 2.33. The Labute approximate surface area is 151 Å². The molecule has 6 heteroatoms. The molecule has 3 N–H and O–H groups in total. The number of hydrogen-bond donors (Lipinski definition) is 2. The fraction of sp³-hybridized carbons (Fsp3) is 0.300. The van der Waals surface area contributed by atoms with E-state index in [4.69, 9.17) is 5.73 Å². The van der Waals surface area contributed by atoms with E-state index in [9.17, 15) is 13.2 Å². The SMILES string of the molecule is Cc1cc(C(F)(F)F)ccc1N(Cc1ccccc1)C[C@H]1C=C(N)NC1. The van der Waals surface area contributed by atoms with Crippen LogP contribution in [0.2, 0.25) is 0 Å². The van der Waals surface area contributed by atoms with Crippen molar-refractivity contribution < 1.29 is 13.2 Å². The van der Waals surface area contributed by atoms with Crippen LogP contribution in [-0.4, -0.2) is 13.1 Å². The maximum absolute atomic E-state index is 13.0. The molecule has 1 atom stereocenters. The fourth-order valence-electron chi connectivity index (χ4n) is 3.26. The monoisotopic (exact) mass is 361 g/mol. The third-order valence-electron chi connectivity index (χ3n) is 4.52. The third kappa shape index (κ3) is 4.31. The molecule has 0 unspecified atom stereocenters. The molecule has 0 radical (unpaired) electrons. The van der Waals surface area contributed by atoms with Crippen molar-refractivity contribution >= 4 is 5.69 Å². The first-order chi connectivity index (χ1) is 12.3. The van der Waals surface area contributed by atoms with Crippen LogP contribution >= 0.6 is 0 Å². The van der Waals surface area contributed by atoms with E-state index >= 15 is 0 Å². The van der Waals surface area contributed by atoms with Crippen LogP contribution in [0.1, 0.15) is 16.7 Å². The molecule has 26 heavy (non-hydrogen) atoms. The van der Waals surface area contributed by atoms with Gasteiger partial charge in [0.25, 0.3) is 0 Å². The summed E-state index contributed by atoms with van der Waals surface area (Å²) in [4.78, 5) is 2.12. The largest absolute Gasteiger partial charge is 0.416 e. The minimum Gasteiger partial charge on any atom is -0.386 e. The van der Waals surface area contributed by atoms with Crippen molar-refractivity contribution in [1.82, 2.24) is 5.32 Å². The second-order valence-electron chi connectivity index (χ2n) is 6.63. The normalized spacial score (nSPS) is 16.9. The van der Waals surface area contributed by atoms with Crippen LogP contribution in [0.5, 0.6) is 0 Å². The van der Waals surface area contributed by atoms with E-state index in [2.05, 4.69) is 10.2 Å². The molecular formula is C20H22F3N3. The zero-order valence-electron chi connectivity index (χ0n) is 14.6. The number of nitrogens with one attached hydrogen (secondary N) is 1. The molecule has 3 nitrogen and oxygen atoms in total. The van der Waals surface area contributed by atoms with E-state index in [-0.39, 0.29) is 5.92 Å². The Morgan fingerprint density at radius 1 is 1.15 bits per heavy atom. The number of aryl methyl sites for hydroxylation is 1. The summed E-state index contributed by atoms with van der Waals surface area (Å²) in [5.74, 6) is 0.860. The molecule has 1 aliphatic heterocycles. The molecule has 0 amide bonds. The van der Waals surface area contributed by atoms with Crippen LogP contribution in [0.4, 0.5) is 18.9 Å². The standard InChI is InChI=1S/C20H22F3N3/c1-14-9-17(20(21,22)23)7-8-18(14)26(12-15-5-3-2-4-6-15)13-16-10-19(24)25-11-16/h2-10,16,25H,11-13,24H2,1H3/t16-/m0/s1. The van der Waals surface area contributed by atoms with Crippen molar-refractivity contribution in [2.24, 2.45) is 11.7 Å². The molecular weight excluding hydrogens is 339 g/mol. The summed E-state index contributed by atoms with van der Waals surface area (Å²) in [5.41, 5.74) is 7.70. The lowest BCUT2D eigenvalue weighted by Gasteiger charge is -2.29. The van der Waals surface area contributed by atoms with E-state index in [1.165, 1.54) is 6.07 Å². The van der Waals surface area contributed by atoms with Gasteiger partial charge in [-0.05, 0) is 42.3 Å². The topological polar surface area (TPSA) is 41.3 Å². The molecule has 0 aromatic heterocycles. The number of nitrogens with zero attached hydrogens (tertiary/aromatic N) is 1. The van der Waals surface area contributed by atoms with E-state index in [1.54, 1.807) is 13.0 Å². The summed E-state index contributed by atoms with van der Waals surface area (Å²) < 4.78 is 38.9. The highest BCUT2D eigenvalue weighted by molar-refractivity contribution is 5.55. The predicted octanol–water partition coefficient (Wildman–Crippen LogP) is 4.04. The molecule has 0 aliphatic carbocycles. The number of nitrogens with two attached hydrogens (primary N) is 1. The second-order valence-corrected chi connectivity index (χ2v) is 6.63. The molecule has 0 bridgehead atoms. The van der Waals surface area contributed by atoms with Gasteiger partial charge in [0.15, 0.2) is 0 Å². The minimum atomic E-state index is -4.33. The van der Waals surface area contributed by atoms with Gasteiger partial charge in [-0.15, -0.1) is 0 Å². The van der Waals surface area contributed by atoms with Gasteiger partial charge in [0.1, 0.15) is 0 Å². The van der Waals surface area contributed by atoms with Crippen molar-refractivity contribution in [2.75, 3.05) is 18.0 Å². The summed E-state index contributed by atoms with van der Waals surface area (Å²) in [6, 6.07) is 13.8. The summed E-state index contributed by atoms with van der Waals surface area (Å²) in [7, 11) is 0. The van der Waals surface area contributed by atoms with Crippen molar-refractivity contribution in [1.29, 1.82) is 0 Å². The summed E-state index contributed by atoms with van der Waals surface area (Å²) >= 11 is 0.